The molecule has 0 aromatic carbocycles. The molecule has 1 atom stereocenters. The highest BCUT2D eigenvalue weighted by atomic mass is 32.2. The van der Waals surface area contributed by atoms with Crippen LogP contribution in [0.3, 0.4) is 0 Å². The summed E-state index contributed by atoms with van der Waals surface area (Å²) in [5, 5.41) is 24.0. The van der Waals surface area contributed by atoms with Gasteiger partial charge in [0.15, 0.2) is 4.34 Å². The molecule has 1 saturated carbocycles. The fraction of sp³-hybridized carbons (Fsp3) is 0.714. The maximum atomic E-state index is 12.4. The van der Waals surface area contributed by atoms with E-state index in [1.54, 1.807) is 0 Å². The standard InChI is InChI=1S/C14H21N5OS2/c1-3-16-12-18-19-13(22-12)21-10(2)11(20)17-14(9-15)7-5-4-6-8-14/h10H,3-8H2,1-2H3,(H,16,18)(H,17,20). The Balaban J connectivity index is 1.92. The van der Waals surface area contributed by atoms with Crippen molar-refractivity contribution >= 4 is 34.1 Å². The highest BCUT2D eigenvalue weighted by Gasteiger charge is 2.35. The molecule has 1 aromatic heterocycles. The van der Waals surface area contributed by atoms with Crippen molar-refractivity contribution in [2.75, 3.05) is 11.9 Å². The number of thioether (sulfide) groups is 1. The highest BCUT2D eigenvalue weighted by Crippen LogP contribution is 2.31. The number of carbonyl (C=O) groups is 1. The zero-order valence-corrected chi connectivity index (χ0v) is 14.5. The zero-order valence-electron chi connectivity index (χ0n) is 12.9. The van der Waals surface area contributed by atoms with Gasteiger partial charge in [0.25, 0.3) is 0 Å². The van der Waals surface area contributed by atoms with Gasteiger partial charge in [-0.25, -0.2) is 0 Å². The first-order valence-corrected chi connectivity index (χ1v) is 9.25. The minimum Gasteiger partial charge on any atom is -0.360 e. The van der Waals surface area contributed by atoms with Crippen molar-refractivity contribution in [3.63, 3.8) is 0 Å². The summed E-state index contributed by atoms with van der Waals surface area (Å²) in [5.74, 6) is -0.103. The van der Waals surface area contributed by atoms with E-state index in [1.165, 1.54) is 23.1 Å². The fourth-order valence-electron chi connectivity index (χ4n) is 2.44. The van der Waals surface area contributed by atoms with E-state index >= 15 is 0 Å². The van der Waals surface area contributed by atoms with E-state index in [9.17, 15) is 10.1 Å². The number of hydrogen-bond acceptors (Lipinski definition) is 7. The van der Waals surface area contributed by atoms with Gasteiger partial charge in [0, 0.05) is 6.54 Å². The van der Waals surface area contributed by atoms with Gasteiger partial charge in [-0.1, -0.05) is 42.4 Å². The SMILES string of the molecule is CCNc1nnc(SC(C)C(=O)NC2(C#N)CCCCC2)s1. The molecule has 0 radical (unpaired) electrons. The Morgan fingerprint density at radius 1 is 1.45 bits per heavy atom. The van der Waals surface area contributed by atoms with Crippen LogP contribution in [0.1, 0.15) is 46.0 Å². The molecule has 1 unspecified atom stereocenters. The third-order valence-electron chi connectivity index (χ3n) is 3.66. The highest BCUT2D eigenvalue weighted by molar-refractivity contribution is 8.02. The Bertz CT molecular complexity index is 548. The third kappa shape index (κ3) is 4.34. The number of nitrogens with one attached hydrogen (secondary N) is 2. The van der Waals surface area contributed by atoms with Crippen LogP contribution in [-0.4, -0.2) is 33.4 Å². The maximum absolute atomic E-state index is 12.4. The predicted octanol–water partition coefficient (Wildman–Crippen LogP) is 2.79. The molecule has 2 N–H and O–H groups in total. The van der Waals surface area contributed by atoms with Gasteiger partial charge in [0.05, 0.1) is 11.3 Å². The number of hydrogen-bond donors (Lipinski definition) is 2. The van der Waals surface area contributed by atoms with Crippen molar-refractivity contribution in [3.8, 4) is 6.07 Å². The fourth-order valence-corrected chi connectivity index (χ4v) is 4.41. The Labute approximate surface area is 139 Å². The molecule has 8 heteroatoms. The molecule has 1 aromatic rings. The third-order valence-corrected chi connectivity index (χ3v) is 5.73. The first kappa shape index (κ1) is 17.0. The molecule has 22 heavy (non-hydrogen) atoms. The van der Waals surface area contributed by atoms with E-state index < -0.39 is 5.54 Å². The number of carbonyl (C=O) groups excluding carboxylic acids is 1. The lowest BCUT2D eigenvalue weighted by Gasteiger charge is -2.32. The molecule has 1 aliphatic carbocycles. The molecule has 0 aliphatic heterocycles. The van der Waals surface area contributed by atoms with Crippen LogP contribution in [0.4, 0.5) is 5.13 Å². The summed E-state index contributed by atoms with van der Waals surface area (Å²) in [7, 11) is 0. The van der Waals surface area contributed by atoms with Gasteiger partial charge in [-0.15, -0.1) is 10.2 Å². The number of anilines is 1. The summed E-state index contributed by atoms with van der Waals surface area (Å²) in [6.07, 6.45) is 4.63. The minimum atomic E-state index is -0.680. The summed E-state index contributed by atoms with van der Waals surface area (Å²) in [6, 6.07) is 2.31. The van der Waals surface area contributed by atoms with Gasteiger partial charge in [-0.2, -0.15) is 5.26 Å². The molecular formula is C14H21N5OS2. The first-order valence-electron chi connectivity index (χ1n) is 7.56. The van der Waals surface area contributed by atoms with Gasteiger partial charge in [-0.05, 0) is 26.7 Å². The molecule has 0 spiro atoms. The largest absolute Gasteiger partial charge is 0.360 e. The summed E-state index contributed by atoms with van der Waals surface area (Å²) < 4.78 is 0.758. The predicted molar refractivity (Wildman–Crippen MR) is 89.0 cm³/mol. The molecule has 6 nitrogen and oxygen atoms in total. The average Bonchev–Trinajstić information content (AvgIpc) is 2.95. The Morgan fingerprint density at radius 2 is 2.18 bits per heavy atom. The summed E-state index contributed by atoms with van der Waals surface area (Å²) in [4.78, 5) is 12.4. The van der Waals surface area contributed by atoms with E-state index in [0.717, 1.165) is 48.1 Å². The van der Waals surface area contributed by atoms with Crippen LogP contribution in [0.2, 0.25) is 0 Å². The Hall–Kier alpha value is -1.33. The second-order valence-electron chi connectivity index (χ2n) is 5.41. The van der Waals surface area contributed by atoms with Crippen molar-refractivity contribution in [3.05, 3.63) is 0 Å². The van der Waals surface area contributed by atoms with Crippen molar-refractivity contribution in [1.29, 1.82) is 5.26 Å². The van der Waals surface area contributed by atoms with Crippen LogP contribution in [0.25, 0.3) is 0 Å². The smallest absolute Gasteiger partial charge is 0.234 e. The van der Waals surface area contributed by atoms with Crippen LogP contribution in [0.15, 0.2) is 4.34 Å². The van der Waals surface area contributed by atoms with Crippen molar-refractivity contribution in [1.82, 2.24) is 15.5 Å². The lowest BCUT2D eigenvalue weighted by atomic mass is 9.83. The van der Waals surface area contributed by atoms with Gasteiger partial charge >= 0.3 is 0 Å². The molecular weight excluding hydrogens is 318 g/mol. The topological polar surface area (TPSA) is 90.7 Å². The second kappa shape index (κ2) is 7.79. The minimum absolute atomic E-state index is 0.103. The zero-order chi connectivity index (χ0) is 16.0. The van der Waals surface area contributed by atoms with E-state index in [4.69, 9.17) is 0 Å². The Kier molecular flexibility index (Phi) is 6.03. The molecule has 2 rings (SSSR count). The molecule has 120 valence electrons. The molecule has 1 heterocycles. The van der Waals surface area contributed by atoms with Crippen LogP contribution in [-0.2, 0) is 4.79 Å². The normalized spacial score (nSPS) is 18.2. The number of aromatic nitrogens is 2. The number of nitriles is 1. The average molecular weight is 339 g/mol. The van der Waals surface area contributed by atoms with Gasteiger partial charge in [-0.3, -0.25) is 4.79 Å². The van der Waals surface area contributed by atoms with Crippen LogP contribution < -0.4 is 10.6 Å². The molecule has 1 aliphatic rings. The summed E-state index contributed by atoms with van der Waals surface area (Å²) in [5.41, 5.74) is -0.680. The molecule has 0 bridgehead atoms. The Morgan fingerprint density at radius 3 is 2.82 bits per heavy atom. The maximum Gasteiger partial charge on any atom is 0.234 e. The lowest BCUT2D eigenvalue weighted by Crippen LogP contribution is -2.50. The molecule has 1 amide bonds. The molecule has 1 fully saturated rings. The van der Waals surface area contributed by atoms with E-state index in [-0.39, 0.29) is 11.2 Å². The summed E-state index contributed by atoms with van der Waals surface area (Å²) >= 11 is 2.82. The van der Waals surface area contributed by atoms with Crippen molar-refractivity contribution in [2.24, 2.45) is 0 Å². The monoisotopic (exact) mass is 339 g/mol. The van der Waals surface area contributed by atoms with E-state index in [1.807, 2.05) is 13.8 Å². The number of amides is 1. The van der Waals surface area contributed by atoms with Crippen LogP contribution in [0.5, 0.6) is 0 Å². The van der Waals surface area contributed by atoms with Crippen LogP contribution >= 0.6 is 23.1 Å². The quantitative estimate of drug-likeness (QED) is 0.775. The van der Waals surface area contributed by atoms with E-state index in [0.29, 0.717) is 0 Å². The van der Waals surface area contributed by atoms with Crippen molar-refractivity contribution < 1.29 is 4.79 Å². The number of rotatable bonds is 6. The number of nitrogens with zero attached hydrogens (tertiary/aromatic N) is 3. The van der Waals surface area contributed by atoms with Gasteiger partial charge < -0.3 is 10.6 Å². The molecule has 0 saturated heterocycles. The lowest BCUT2D eigenvalue weighted by molar-refractivity contribution is -0.121. The van der Waals surface area contributed by atoms with Gasteiger partial charge in [0.1, 0.15) is 5.54 Å². The first-order chi connectivity index (χ1) is 10.6. The van der Waals surface area contributed by atoms with E-state index in [2.05, 4.69) is 26.9 Å². The summed E-state index contributed by atoms with van der Waals surface area (Å²) in [6.45, 7) is 4.62. The van der Waals surface area contributed by atoms with Gasteiger partial charge in [0.2, 0.25) is 11.0 Å². The second-order valence-corrected chi connectivity index (χ2v) is 7.97. The van der Waals surface area contributed by atoms with Crippen LogP contribution in [0, 0.1) is 11.3 Å². The van der Waals surface area contributed by atoms with Crippen molar-refractivity contribution in [2.45, 2.75) is 61.1 Å².